The molecule has 4 nitrogen and oxygen atoms in total. The minimum atomic E-state index is -0.492. The van der Waals surface area contributed by atoms with Gasteiger partial charge in [-0.15, -0.1) is 0 Å². The SMILES string of the molecule is CC(C)(C)OC(=O)N[C@@H](CCBr)COCc1ccccc1. The Bertz CT molecular complexity index is 417. The van der Waals surface area contributed by atoms with Crippen molar-refractivity contribution in [2.75, 3.05) is 11.9 Å². The molecule has 0 saturated carbocycles. The van der Waals surface area contributed by atoms with E-state index in [1.165, 1.54) is 0 Å². The molecule has 0 radical (unpaired) electrons. The van der Waals surface area contributed by atoms with E-state index < -0.39 is 11.7 Å². The maximum Gasteiger partial charge on any atom is 0.407 e. The number of alkyl carbamates (subject to hydrolysis) is 1. The van der Waals surface area contributed by atoms with Crippen LogP contribution in [-0.4, -0.2) is 29.7 Å². The molecule has 0 aliphatic carbocycles. The zero-order chi connectivity index (χ0) is 15.7. The molecule has 0 saturated heterocycles. The number of carbonyl (C=O) groups is 1. The molecule has 0 aliphatic heterocycles. The molecule has 118 valence electrons. The van der Waals surface area contributed by atoms with E-state index in [1.807, 2.05) is 51.1 Å². The molecule has 0 bridgehead atoms. The molecular weight excluding hydrogens is 334 g/mol. The molecule has 5 heteroatoms. The van der Waals surface area contributed by atoms with Gasteiger partial charge in [-0.2, -0.15) is 0 Å². The second kappa shape index (κ2) is 9.05. The first-order valence-electron chi connectivity index (χ1n) is 7.08. The zero-order valence-corrected chi connectivity index (χ0v) is 14.5. The van der Waals surface area contributed by atoms with Crippen LogP contribution in [0, 0.1) is 0 Å². The number of benzene rings is 1. The minimum Gasteiger partial charge on any atom is -0.444 e. The maximum atomic E-state index is 11.8. The lowest BCUT2D eigenvalue weighted by Crippen LogP contribution is -2.41. The second-order valence-corrected chi connectivity index (χ2v) is 6.61. The van der Waals surface area contributed by atoms with E-state index in [0.29, 0.717) is 13.2 Å². The van der Waals surface area contributed by atoms with E-state index in [0.717, 1.165) is 17.3 Å². The number of amides is 1. The summed E-state index contributed by atoms with van der Waals surface area (Å²) in [5, 5.41) is 3.64. The molecular formula is C16H24BrNO3. The average Bonchev–Trinajstić information content (AvgIpc) is 2.38. The van der Waals surface area contributed by atoms with Crippen molar-refractivity contribution >= 4 is 22.0 Å². The molecule has 0 unspecified atom stereocenters. The number of carbonyl (C=O) groups excluding carboxylic acids is 1. The van der Waals surface area contributed by atoms with Crippen LogP contribution in [0.25, 0.3) is 0 Å². The summed E-state index contributed by atoms with van der Waals surface area (Å²) >= 11 is 3.39. The molecule has 0 aliphatic rings. The smallest absolute Gasteiger partial charge is 0.407 e. The van der Waals surface area contributed by atoms with Crippen LogP contribution >= 0.6 is 15.9 Å². The number of hydrogen-bond donors (Lipinski definition) is 1. The number of hydrogen-bond acceptors (Lipinski definition) is 3. The number of alkyl halides is 1. The second-order valence-electron chi connectivity index (χ2n) is 5.82. The van der Waals surface area contributed by atoms with E-state index in [2.05, 4.69) is 21.2 Å². The molecule has 21 heavy (non-hydrogen) atoms. The Hall–Kier alpha value is -1.07. The first-order valence-corrected chi connectivity index (χ1v) is 8.20. The third-order valence-electron chi connectivity index (χ3n) is 2.61. The highest BCUT2D eigenvalue weighted by atomic mass is 79.9. The van der Waals surface area contributed by atoms with Crippen LogP contribution in [0.15, 0.2) is 30.3 Å². The van der Waals surface area contributed by atoms with Crippen LogP contribution in [0.3, 0.4) is 0 Å². The van der Waals surface area contributed by atoms with Crippen molar-refractivity contribution in [1.82, 2.24) is 5.32 Å². The van der Waals surface area contributed by atoms with Crippen molar-refractivity contribution in [1.29, 1.82) is 0 Å². The van der Waals surface area contributed by atoms with Gasteiger partial charge >= 0.3 is 6.09 Å². The predicted molar refractivity (Wildman–Crippen MR) is 87.7 cm³/mol. The van der Waals surface area contributed by atoms with Gasteiger partial charge in [-0.3, -0.25) is 0 Å². The minimum absolute atomic E-state index is 0.0667. The topological polar surface area (TPSA) is 47.6 Å². The van der Waals surface area contributed by atoms with Gasteiger partial charge in [-0.25, -0.2) is 4.79 Å². The zero-order valence-electron chi connectivity index (χ0n) is 12.9. The average molecular weight is 358 g/mol. The van der Waals surface area contributed by atoms with Crippen molar-refractivity contribution in [3.63, 3.8) is 0 Å². The van der Waals surface area contributed by atoms with Crippen molar-refractivity contribution in [3.8, 4) is 0 Å². The van der Waals surface area contributed by atoms with E-state index in [-0.39, 0.29) is 6.04 Å². The molecule has 1 rings (SSSR count). The van der Waals surface area contributed by atoms with Gasteiger partial charge in [0.1, 0.15) is 5.60 Å². The van der Waals surface area contributed by atoms with Crippen LogP contribution in [0.4, 0.5) is 4.79 Å². The molecule has 1 aromatic carbocycles. The molecule has 0 spiro atoms. The highest BCUT2D eigenvalue weighted by molar-refractivity contribution is 9.09. The van der Waals surface area contributed by atoms with Gasteiger partial charge in [0.2, 0.25) is 0 Å². The van der Waals surface area contributed by atoms with Gasteiger partial charge in [0.05, 0.1) is 19.3 Å². The number of rotatable bonds is 7. The monoisotopic (exact) mass is 357 g/mol. The van der Waals surface area contributed by atoms with Crippen LogP contribution in [-0.2, 0) is 16.1 Å². The Kier molecular flexibility index (Phi) is 7.75. The predicted octanol–water partition coefficient (Wildman–Crippen LogP) is 3.88. The van der Waals surface area contributed by atoms with Crippen LogP contribution in [0.1, 0.15) is 32.8 Å². The number of ether oxygens (including phenoxy) is 2. The summed E-state index contributed by atoms with van der Waals surface area (Å²) in [5.74, 6) is 0. The van der Waals surface area contributed by atoms with Gasteiger partial charge in [0.25, 0.3) is 0 Å². The van der Waals surface area contributed by atoms with Gasteiger partial charge in [-0.1, -0.05) is 46.3 Å². The fraction of sp³-hybridized carbons (Fsp3) is 0.562. The molecule has 1 aromatic rings. The Balaban J connectivity index is 2.37. The normalized spacial score (nSPS) is 12.8. The summed E-state index contributed by atoms with van der Waals surface area (Å²) in [7, 11) is 0. The Morgan fingerprint density at radius 2 is 1.95 bits per heavy atom. The lowest BCUT2D eigenvalue weighted by Gasteiger charge is -2.23. The van der Waals surface area contributed by atoms with E-state index >= 15 is 0 Å². The summed E-state index contributed by atoms with van der Waals surface area (Å²) in [6.45, 7) is 6.53. The third-order valence-corrected chi connectivity index (χ3v) is 3.07. The lowest BCUT2D eigenvalue weighted by molar-refractivity contribution is 0.0427. The Morgan fingerprint density at radius 1 is 1.29 bits per heavy atom. The fourth-order valence-corrected chi connectivity index (χ4v) is 2.25. The molecule has 1 atom stereocenters. The lowest BCUT2D eigenvalue weighted by atomic mass is 10.2. The van der Waals surface area contributed by atoms with E-state index in [4.69, 9.17) is 9.47 Å². The van der Waals surface area contributed by atoms with Crippen LogP contribution in [0.5, 0.6) is 0 Å². The van der Waals surface area contributed by atoms with E-state index in [9.17, 15) is 4.79 Å². The van der Waals surface area contributed by atoms with Crippen molar-refractivity contribution in [2.45, 2.75) is 45.4 Å². The summed E-state index contributed by atoms with van der Waals surface area (Å²) in [6, 6.07) is 9.90. The summed E-state index contributed by atoms with van der Waals surface area (Å²) in [6.07, 6.45) is 0.380. The first kappa shape index (κ1) is 18.0. The summed E-state index contributed by atoms with van der Waals surface area (Å²) in [4.78, 5) is 11.8. The fourth-order valence-electron chi connectivity index (χ4n) is 1.70. The van der Waals surface area contributed by atoms with Crippen molar-refractivity contribution < 1.29 is 14.3 Å². The quantitative estimate of drug-likeness (QED) is 0.753. The maximum absolute atomic E-state index is 11.8. The standard InChI is InChI=1S/C16H24BrNO3/c1-16(2,3)21-15(19)18-14(9-10-17)12-20-11-13-7-5-4-6-8-13/h4-8,14H,9-12H2,1-3H3,(H,18,19)/t14-/m0/s1. The highest BCUT2D eigenvalue weighted by Crippen LogP contribution is 2.08. The Labute approximate surface area is 135 Å². The molecule has 1 N–H and O–H groups in total. The van der Waals surface area contributed by atoms with Gasteiger partial charge in [-0.05, 0) is 32.8 Å². The summed E-state index contributed by atoms with van der Waals surface area (Å²) < 4.78 is 10.9. The largest absolute Gasteiger partial charge is 0.444 e. The Morgan fingerprint density at radius 3 is 2.52 bits per heavy atom. The van der Waals surface area contributed by atoms with Crippen molar-refractivity contribution in [3.05, 3.63) is 35.9 Å². The molecule has 0 heterocycles. The number of nitrogens with one attached hydrogen (secondary N) is 1. The summed E-state index contributed by atoms with van der Waals surface area (Å²) in [5.41, 5.74) is 0.626. The molecule has 0 aromatic heterocycles. The van der Waals surface area contributed by atoms with Gasteiger partial charge < -0.3 is 14.8 Å². The van der Waals surface area contributed by atoms with Crippen molar-refractivity contribution in [2.24, 2.45) is 0 Å². The van der Waals surface area contributed by atoms with Crippen LogP contribution in [0.2, 0.25) is 0 Å². The molecule has 1 amide bonds. The third kappa shape index (κ3) is 8.73. The van der Waals surface area contributed by atoms with Gasteiger partial charge in [0, 0.05) is 5.33 Å². The number of halogens is 1. The molecule has 0 fully saturated rings. The van der Waals surface area contributed by atoms with Gasteiger partial charge in [0.15, 0.2) is 0 Å². The highest BCUT2D eigenvalue weighted by Gasteiger charge is 2.19. The first-order chi connectivity index (χ1) is 9.90. The van der Waals surface area contributed by atoms with E-state index in [1.54, 1.807) is 0 Å². The van der Waals surface area contributed by atoms with Crippen LogP contribution < -0.4 is 5.32 Å².